The van der Waals surface area contributed by atoms with Gasteiger partial charge in [0.25, 0.3) is 0 Å². The first-order chi connectivity index (χ1) is 12.6. The molecule has 0 aliphatic carbocycles. The van der Waals surface area contributed by atoms with Crippen molar-refractivity contribution < 1.29 is 9.90 Å². The predicted molar refractivity (Wildman–Crippen MR) is 101 cm³/mol. The van der Waals surface area contributed by atoms with Crippen molar-refractivity contribution in [1.82, 2.24) is 20.0 Å². The summed E-state index contributed by atoms with van der Waals surface area (Å²) in [5, 5.41) is 17.5. The van der Waals surface area contributed by atoms with E-state index in [2.05, 4.69) is 39.2 Å². The van der Waals surface area contributed by atoms with Crippen LogP contribution in [0.2, 0.25) is 0 Å². The number of hydrogen-bond acceptors (Lipinski definition) is 4. The van der Waals surface area contributed by atoms with E-state index in [1.54, 1.807) is 18.2 Å². The Bertz CT molecular complexity index is 942. The van der Waals surface area contributed by atoms with Crippen LogP contribution in [0.15, 0.2) is 42.5 Å². The number of carbonyl (C=O) groups is 1. The summed E-state index contributed by atoms with van der Waals surface area (Å²) in [6.07, 6.45) is 0. The lowest BCUT2D eigenvalue weighted by atomic mass is 10.0. The Hall–Kier alpha value is -2.70. The molecule has 26 heavy (non-hydrogen) atoms. The molecule has 1 saturated heterocycles. The number of fused-ring (bicyclic) bond motifs is 1. The van der Waals surface area contributed by atoms with Gasteiger partial charge in [0.15, 0.2) is 0 Å². The highest BCUT2D eigenvalue weighted by Gasteiger charge is 2.15. The van der Waals surface area contributed by atoms with Crippen molar-refractivity contribution in [2.24, 2.45) is 0 Å². The lowest BCUT2D eigenvalue weighted by Crippen LogP contribution is -2.43. The quantitative estimate of drug-likeness (QED) is 0.757. The summed E-state index contributed by atoms with van der Waals surface area (Å²) in [5.74, 6) is -0.928. The van der Waals surface area contributed by atoms with Gasteiger partial charge < -0.3 is 10.0 Å². The number of nitrogens with zero attached hydrogens (tertiary/aromatic N) is 3. The number of H-pyrrole nitrogens is 1. The van der Waals surface area contributed by atoms with Crippen molar-refractivity contribution in [1.29, 1.82) is 0 Å². The summed E-state index contributed by atoms with van der Waals surface area (Å²) < 4.78 is 0. The van der Waals surface area contributed by atoms with Crippen LogP contribution in [0, 0.1) is 0 Å². The van der Waals surface area contributed by atoms with E-state index in [0.717, 1.165) is 54.9 Å². The monoisotopic (exact) mass is 350 g/mol. The average Bonchev–Trinajstić information content (AvgIpc) is 3.07. The Morgan fingerprint density at radius 2 is 1.96 bits per heavy atom. The zero-order valence-electron chi connectivity index (χ0n) is 14.8. The normalized spacial score (nSPS) is 16.2. The van der Waals surface area contributed by atoms with Crippen molar-refractivity contribution in [3.05, 3.63) is 53.6 Å². The summed E-state index contributed by atoms with van der Waals surface area (Å²) in [4.78, 5) is 16.1. The fraction of sp³-hybridized carbons (Fsp3) is 0.300. The molecule has 6 nitrogen and oxygen atoms in total. The van der Waals surface area contributed by atoms with Crippen LogP contribution in [0.3, 0.4) is 0 Å². The highest BCUT2D eigenvalue weighted by molar-refractivity contribution is 5.98. The van der Waals surface area contributed by atoms with Crippen LogP contribution in [0.4, 0.5) is 0 Å². The van der Waals surface area contributed by atoms with Gasteiger partial charge in [0.1, 0.15) is 0 Å². The minimum absolute atomic E-state index is 0.272. The maximum absolute atomic E-state index is 11.3. The van der Waals surface area contributed by atoms with Crippen LogP contribution in [-0.4, -0.2) is 64.3 Å². The van der Waals surface area contributed by atoms with E-state index < -0.39 is 5.97 Å². The van der Waals surface area contributed by atoms with Gasteiger partial charge in [-0.05, 0) is 36.9 Å². The Labute approximate surface area is 152 Å². The van der Waals surface area contributed by atoms with Crippen LogP contribution in [0.5, 0.6) is 0 Å². The Morgan fingerprint density at radius 3 is 2.73 bits per heavy atom. The minimum Gasteiger partial charge on any atom is -0.478 e. The maximum atomic E-state index is 11.3. The van der Waals surface area contributed by atoms with Crippen molar-refractivity contribution >= 4 is 16.9 Å². The number of nitrogens with one attached hydrogen (secondary N) is 1. The van der Waals surface area contributed by atoms with Crippen molar-refractivity contribution in [2.75, 3.05) is 33.2 Å². The SMILES string of the molecule is CN1CCN(Cc2cccc(-c3n[nH]c4ccc(C(=O)O)cc34)c2)CC1. The number of aromatic amines is 1. The molecule has 1 aliphatic heterocycles. The largest absolute Gasteiger partial charge is 0.478 e. The van der Waals surface area contributed by atoms with Gasteiger partial charge in [-0.1, -0.05) is 18.2 Å². The Morgan fingerprint density at radius 1 is 1.15 bits per heavy atom. The number of carboxylic acid groups (broad SMARTS) is 1. The number of rotatable bonds is 4. The third-order valence-electron chi connectivity index (χ3n) is 5.01. The van der Waals surface area contributed by atoms with Crippen molar-refractivity contribution in [3.8, 4) is 11.3 Å². The van der Waals surface area contributed by atoms with Crippen LogP contribution in [0.25, 0.3) is 22.2 Å². The fourth-order valence-electron chi connectivity index (χ4n) is 3.45. The summed E-state index contributed by atoms with van der Waals surface area (Å²) in [6.45, 7) is 5.27. The number of piperazine rings is 1. The molecular weight excluding hydrogens is 328 g/mol. The molecule has 6 heteroatoms. The fourth-order valence-corrected chi connectivity index (χ4v) is 3.45. The molecule has 2 aromatic carbocycles. The molecule has 0 unspecified atom stereocenters. The molecule has 4 rings (SSSR count). The van der Waals surface area contributed by atoms with Gasteiger partial charge in [0.05, 0.1) is 16.8 Å². The minimum atomic E-state index is -0.928. The van der Waals surface area contributed by atoms with E-state index in [0.29, 0.717) is 0 Å². The number of likely N-dealkylation sites (N-methyl/N-ethyl adjacent to an activating group) is 1. The third kappa shape index (κ3) is 3.34. The standard InChI is InChI=1S/C20H22N4O2/c1-23-7-9-24(10-8-23)13-14-3-2-4-15(11-14)19-17-12-16(20(25)26)5-6-18(17)21-22-19/h2-6,11-12H,7-10,13H2,1H3,(H,21,22)(H,25,26). The summed E-state index contributed by atoms with van der Waals surface area (Å²) >= 11 is 0. The first kappa shape index (κ1) is 16.8. The first-order valence-corrected chi connectivity index (χ1v) is 8.82. The van der Waals surface area contributed by atoms with Gasteiger partial charge in [0.2, 0.25) is 0 Å². The highest BCUT2D eigenvalue weighted by atomic mass is 16.4. The van der Waals surface area contributed by atoms with Gasteiger partial charge in [-0.25, -0.2) is 4.79 Å². The smallest absolute Gasteiger partial charge is 0.335 e. The maximum Gasteiger partial charge on any atom is 0.335 e. The molecule has 0 radical (unpaired) electrons. The van der Waals surface area contributed by atoms with E-state index in [4.69, 9.17) is 0 Å². The van der Waals surface area contributed by atoms with Gasteiger partial charge in [-0.3, -0.25) is 10.00 Å². The molecule has 1 aromatic heterocycles. The highest BCUT2D eigenvalue weighted by Crippen LogP contribution is 2.28. The number of benzene rings is 2. The molecule has 1 aliphatic rings. The van der Waals surface area contributed by atoms with Crippen molar-refractivity contribution in [2.45, 2.75) is 6.54 Å². The molecule has 0 amide bonds. The van der Waals surface area contributed by atoms with Gasteiger partial charge >= 0.3 is 5.97 Å². The molecular formula is C20H22N4O2. The van der Waals surface area contributed by atoms with E-state index in [1.807, 2.05) is 12.1 Å². The zero-order chi connectivity index (χ0) is 18.1. The molecule has 2 N–H and O–H groups in total. The van der Waals surface area contributed by atoms with Crippen LogP contribution in [0.1, 0.15) is 15.9 Å². The molecule has 0 spiro atoms. The van der Waals surface area contributed by atoms with Crippen molar-refractivity contribution in [3.63, 3.8) is 0 Å². The summed E-state index contributed by atoms with van der Waals surface area (Å²) in [6, 6.07) is 13.4. The number of aromatic carboxylic acids is 1. The molecule has 3 aromatic rings. The Kier molecular flexibility index (Phi) is 4.44. The van der Waals surface area contributed by atoms with Crippen LogP contribution >= 0.6 is 0 Å². The molecule has 0 saturated carbocycles. The van der Waals surface area contributed by atoms with Crippen LogP contribution < -0.4 is 0 Å². The summed E-state index contributed by atoms with van der Waals surface area (Å²) in [7, 11) is 2.16. The molecule has 134 valence electrons. The second kappa shape index (κ2) is 6.90. The lowest BCUT2D eigenvalue weighted by molar-refractivity contribution is 0.0697. The van der Waals surface area contributed by atoms with Gasteiger partial charge in [-0.2, -0.15) is 5.10 Å². The number of aromatic nitrogens is 2. The molecule has 0 bridgehead atoms. The second-order valence-corrected chi connectivity index (χ2v) is 6.92. The average molecular weight is 350 g/mol. The van der Waals surface area contributed by atoms with E-state index in [1.165, 1.54) is 5.56 Å². The number of carboxylic acids is 1. The van der Waals surface area contributed by atoms with E-state index in [-0.39, 0.29) is 5.56 Å². The topological polar surface area (TPSA) is 72.5 Å². The predicted octanol–water partition coefficient (Wildman–Crippen LogP) is 2.68. The molecule has 1 fully saturated rings. The number of hydrogen-bond donors (Lipinski definition) is 2. The van der Waals surface area contributed by atoms with E-state index >= 15 is 0 Å². The Balaban J connectivity index is 1.63. The second-order valence-electron chi connectivity index (χ2n) is 6.92. The zero-order valence-corrected chi connectivity index (χ0v) is 14.8. The van der Waals surface area contributed by atoms with Gasteiger partial charge in [0, 0.05) is 43.7 Å². The summed E-state index contributed by atoms with van der Waals surface area (Å²) in [5.41, 5.74) is 4.16. The lowest BCUT2D eigenvalue weighted by Gasteiger charge is -2.32. The van der Waals surface area contributed by atoms with E-state index in [9.17, 15) is 9.90 Å². The molecule has 0 atom stereocenters. The van der Waals surface area contributed by atoms with Crippen LogP contribution in [-0.2, 0) is 6.54 Å². The first-order valence-electron chi connectivity index (χ1n) is 8.82. The molecule has 2 heterocycles. The van der Waals surface area contributed by atoms with Gasteiger partial charge in [-0.15, -0.1) is 0 Å². The third-order valence-corrected chi connectivity index (χ3v) is 5.01.